The number of ether oxygens (including phenoxy) is 1. The van der Waals surface area contributed by atoms with Gasteiger partial charge in [-0.1, -0.05) is 19.9 Å². The molecule has 0 unspecified atom stereocenters. The zero-order valence-electron chi connectivity index (χ0n) is 16.7. The third-order valence-corrected chi connectivity index (χ3v) is 6.35. The SMILES string of the molecule is COSc1ccc2c(c1)CC1=C2C(=O)c2ccc(OC[C@H](O)CO)cc2C1(C)C. The van der Waals surface area contributed by atoms with Gasteiger partial charge in [0.05, 0.1) is 13.7 Å². The van der Waals surface area contributed by atoms with E-state index in [9.17, 15) is 9.90 Å². The van der Waals surface area contributed by atoms with E-state index in [1.807, 2.05) is 18.2 Å². The van der Waals surface area contributed by atoms with Crippen LogP contribution in [0, 0.1) is 0 Å². The third kappa shape index (κ3) is 3.40. The quantitative estimate of drug-likeness (QED) is 0.707. The molecule has 152 valence electrons. The van der Waals surface area contributed by atoms with E-state index in [-0.39, 0.29) is 24.4 Å². The Bertz CT molecular complexity index is 1010. The highest BCUT2D eigenvalue weighted by molar-refractivity contribution is 7.94. The molecule has 0 amide bonds. The number of benzene rings is 2. The second-order valence-corrected chi connectivity index (χ2v) is 8.88. The van der Waals surface area contributed by atoms with Gasteiger partial charge in [-0.3, -0.25) is 4.79 Å². The molecule has 0 saturated heterocycles. The number of hydrogen-bond acceptors (Lipinski definition) is 6. The minimum absolute atomic E-state index is 0.00297. The van der Waals surface area contributed by atoms with Gasteiger partial charge in [-0.05, 0) is 59.0 Å². The van der Waals surface area contributed by atoms with Crippen molar-refractivity contribution < 1.29 is 23.9 Å². The van der Waals surface area contributed by atoms with E-state index in [2.05, 4.69) is 19.9 Å². The van der Waals surface area contributed by atoms with Crippen LogP contribution >= 0.6 is 12.0 Å². The van der Waals surface area contributed by atoms with Gasteiger partial charge >= 0.3 is 0 Å². The first kappa shape index (κ1) is 20.2. The second-order valence-electron chi connectivity index (χ2n) is 7.91. The summed E-state index contributed by atoms with van der Waals surface area (Å²) in [5.41, 5.74) is 5.38. The zero-order valence-corrected chi connectivity index (χ0v) is 17.5. The monoisotopic (exact) mass is 412 g/mol. The lowest BCUT2D eigenvalue weighted by atomic mass is 9.68. The van der Waals surface area contributed by atoms with Gasteiger partial charge < -0.3 is 19.1 Å². The van der Waals surface area contributed by atoms with Crippen molar-refractivity contribution in [2.45, 2.75) is 36.7 Å². The topological polar surface area (TPSA) is 76.0 Å². The van der Waals surface area contributed by atoms with Crippen molar-refractivity contribution >= 4 is 23.4 Å². The van der Waals surface area contributed by atoms with E-state index in [4.69, 9.17) is 14.0 Å². The highest BCUT2D eigenvalue weighted by atomic mass is 32.2. The first-order chi connectivity index (χ1) is 13.9. The van der Waals surface area contributed by atoms with Gasteiger partial charge in [0.25, 0.3) is 0 Å². The number of fused-ring (bicyclic) bond motifs is 3. The van der Waals surface area contributed by atoms with Gasteiger partial charge in [0.1, 0.15) is 18.5 Å². The van der Waals surface area contributed by atoms with Gasteiger partial charge in [-0.2, -0.15) is 0 Å². The first-order valence-corrected chi connectivity index (χ1v) is 10.3. The lowest BCUT2D eigenvalue weighted by Crippen LogP contribution is -2.30. The van der Waals surface area contributed by atoms with Crippen LogP contribution in [0.5, 0.6) is 5.75 Å². The van der Waals surface area contributed by atoms with E-state index < -0.39 is 6.10 Å². The third-order valence-electron chi connectivity index (χ3n) is 5.74. The maximum atomic E-state index is 13.4. The average molecular weight is 413 g/mol. The highest BCUT2D eigenvalue weighted by Gasteiger charge is 2.42. The molecule has 2 aliphatic rings. The summed E-state index contributed by atoms with van der Waals surface area (Å²) in [6.07, 6.45) is -0.201. The average Bonchev–Trinajstić information content (AvgIpc) is 3.10. The molecule has 2 aliphatic carbocycles. The lowest BCUT2D eigenvalue weighted by molar-refractivity contribution is 0.0535. The van der Waals surface area contributed by atoms with E-state index in [0.29, 0.717) is 11.3 Å². The summed E-state index contributed by atoms with van der Waals surface area (Å²) >= 11 is 1.32. The van der Waals surface area contributed by atoms with Crippen LogP contribution in [0.15, 0.2) is 46.9 Å². The van der Waals surface area contributed by atoms with Gasteiger partial charge in [0, 0.05) is 33.5 Å². The fourth-order valence-electron chi connectivity index (χ4n) is 4.21. The molecule has 0 fully saturated rings. The van der Waals surface area contributed by atoms with Crippen molar-refractivity contribution in [2.24, 2.45) is 0 Å². The maximum absolute atomic E-state index is 13.4. The van der Waals surface area contributed by atoms with Crippen LogP contribution in [-0.2, 0) is 16.0 Å². The van der Waals surface area contributed by atoms with E-state index >= 15 is 0 Å². The predicted octanol–water partition coefficient (Wildman–Crippen LogP) is 3.56. The molecule has 5 nitrogen and oxygen atoms in total. The number of allylic oxidation sites excluding steroid dienone is 2. The summed E-state index contributed by atoms with van der Waals surface area (Å²) < 4.78 is 10.8. The van der Waals surface area contributed by atoms with Crippen LogP contribution in [0.2, 0.25) is 0 Å². The maximum Gasteiger partial charge on any atom is 0.193 e. The molecule has 0 saturated carbocycles. The van der Waals surface area contributed by atoms with Gasteiger partial charge in [0.15, 0.2) is 5.78 Å². The smallest absolute Gasteiger partial charge is 0.193 e. The Balaban J connectivity index is 1.72. The Labute approximate surface area is 174 Å². The number of rotatable bonds is 6. The number of aliphatic hydroxyl groups excluding tert-OH is 2. The summed E-state index contributed by atoms with van der Waals surface area (Å²) in [7, 11) is 1.64. The van der Waals surface area contributed by atoms with Gasteiger partial charge in [-0.15, -0.1) is 0 Å². The Hall–Kier alpha value is -2.12. The molecular formula is C23H24O5S. The largest absolute Gasteiger partial charge is 0.491 e. The fraction of sp³-hybridized carbons (Fsp3) is 0.348. The van der Waals surface area contributed by atoms with Crippen molar-refractivity contribution in [2.75, 3.05) is 20.3 Å². The minimum Gasteiger partial charge on any atom is -0.491 e. The van der Waals surface area contributed by atoms with Crippen molar-refractivity contribution in [1.82, 2.24) is 0 Å². The molecule has 0 radical (unpaired) electrons. The standard InChI is InChI=1S/C23H24O5S/c1-23(2)19-10-15(28-12-14(25)11-24)4-6-18(19)22(26)21-17-7-5-16(29-27-3)8-13(17)9-20(21)23/h4-8,10,14,24-25H,9,11-12H2,1-3H3/t14-/m1/s1. The molecule has 2 N–H and O–H groups in total. The number of aliphatic hydroxyl groups is 2. The van der Waals surface area contributed by atoms with E-state index in [1.165, 1.54) is 12.0 Å². The molecule has 0 aromatic heterocycles. The van der Waals surface area contributed by atoms with Crippen LogP contribution in [-0.4, -0.2) is 42.4 Å². The Morgan fingerprint density at radius 2 is 1.93 bits per heavy atom. The zero-order chi connectivity index (χ0) is 20.8. The Kier molecular flexibility index (Phi) is 5.29. The van der Waals surface area contributed by atoms with E-state index in [0.717, 1.165) is 39.2 Å². The number of Topliss-reactive ketones (excluding diaryl/α,β-unsaturated/α-hetero) is 1. The van der Waals surface area contributed by atoms with Crippen LogP contribution < -0.4 is 4.74 Å². The number of carbonyl (C=O) groups excluding carboxylic acids is 1. The fourth-order valence-corrected chi connectivity index (χ4v) is 4.72. The van der Waals surface area contributed by atoms with Crippen LogP contribution in [0.1, 0.15) is 40.9 Å². The molecular weight excluding hydrogens is 388 g/mol. The molecule has 0 aliphatic heterocycles. The highest BCUT2D eigenvalue weighted by Crippen LogP contribution is 2.50. The van der Waals surface area contributed by atoms with Crippen LogP contribution in [0.4, 0.5) is 0 Å². The Morgan fingerprint density at radius 3 is 2.66 bits per heavy atom. The summed E-state index contributed by atoms with van der Waals surface area (Å²) in [5, 5.41) is 18.5. The summed E-state index contributed by atoms with van der Waals surface area (Å²) in [6.45, 7) is 3.92. The molecule has 29 heavy (non-hydrogen) atoms. The first-order valence-electron chi connectivity index (χ1n) is 9.55. The van der Waals surface area contributed by atoms with Crippen molar-refractivity contribution in [3.8, 4) is 5.75 Å². The molecule has 6 heteroatoms. The minimum atomic E-state index is -0.932. The van der Waals surface area contributed by atoms with Gasteiger partial charge in [0.2, 0.25) is 0 Å². The molecule has 2 aromatic rings. The number of ketones is 1. The number of carbonyl (C=O) groups is 1. The number of hydrogen-bond donors (Lipinski definition) is 2. The molecule has 1 atom stereocenters. The lowest BCUT2D eigenvalue weighted by Gasteiger charge is -2.34. The van der Waals surface area contributed by atoms with Crippen molar-refractivity contribution in [3.05, 3.63) is 64.2 Å². The summed E-state index contributed by atoms with van der Waals surface area (Å²) in [5.74, 6) is 0.623. The molecule has 0 heterocycles. The normalized spacial score (nSPS) is 17.6. The molecule has 2 aromatic carbocycles. The van der Waals surface area contributed by atoms with Crippen molar-refractivity contribution in [3.63, 3.8) is 0 Å². The van der Waals surface area contributed by atoms with E-state index in [1.54, 1.807) is 19.2 Å². The Morgan fingerprint density at radius 1 is 1.17 bits per heavy atom. The molecule has 0 spiro atoms. The van der Waals surface area contributed by atoms with Crippen molar-refractivity contribution in [1.29, 1.82) is 0 Å². The summed E-state index contributed by atoms with van der Waals surface area (Å²) in [4.78, 5) is 14.4. The van der Waals surface area contributed by atoms with Crippen LogP contribution in [0.3, 0.4) is 0 Å². The van der Waals surface area contributed by atoms with Gasteiger partial charge in [-0.25, -0.2) is 0 Å². The van der Waals surface area contributed by atoms with Crippen LogP contribution in [0.25, 0.3) is 5.57 Å². The summed E-state index contributed by atoms with van der Waals surface area (Å²) in [6, 6.07) is 11.5. The second kappa shape index (κ2) is 7.61. The molecule has 4 rings (SSSR count). The molecule has 0 bridgehead atoms. The predicted molar refractivity (Wildman–Crippen MR) is 112 cm³/mol.